The van der Waals surface area contributed by atoms with Crippen molar-refractivity contribution in [3.63, 3.8) is 0 Å². The molecule has 0 saturated carbocycles. The third-order valence-electron chi connectivity index (χ3n) is 1.63. The summed E-state index contributed by atoms with van der Waals surface area (Å²) >= 11 is 0. The standard InChI is InChI=1S/C10H18O3/c1-5-9(7(3)11)13-10(6-2)8(4)12/h5-8,11-12H,1-4H3. The number of hydrogen-bond acceptors (Lipinski definition) is 3. The number of hydrogen-bond donors (Lipinski definition) is 2. The zero-order valence-corrected chi connectivity index (χ0v) is 8.61. The summed E-state index contributed by atoms with van der Waals surface area (Å²) in [5.74, 6) is 0.906. The van der Waals surface area contributed by atoms with Gasteiger partial charge in [-0.25, -0.2) is 0 Å². The fourth-order valence-electron chi connectivity index (χ4n) is 0.907. The zero-order chi connectivity index (χ0) is 10.4. The predicted molar refractivity (Wildman–Crippen MR) is 52.0 cm³/mol. The lowest BCUT2D eigenvalue weighted by Gasteiger charge is -2.16. The number of aliphatic hydroxyl groups is 2. The molecule has 0 radical (unpaired) electrons. The average molecular weight is 186 g/mol. The number of allylic oxidation sites excluding steroid dienone is 2. The Morgan fingerprint density at radius 1 is 1.00 bits per heavy atom. The molecular formula is C10H18O3. The predicted octanol–water partition coefficient (Wildman–Crippen LogP) is 1.57. The summed E-state index contributed by atoms with van der Waals surface area (Å²) in [6.07, 6.45) is 2.05. The van der Waals surface area contributed by atoms with Crippen LogP contribution < -0.4 is 0 Å². The van der Waals surface area contributed by atoms with E-state index in [2.05, 4.69) is 0 Å². The van der Waals surface area contributed by atoms with Crippen LogP contribution >= 0.6 is 0 Å². The molecule has 0 aliphatic heterocycles. The van der Waals surface area contributed by atoms with Gasteiger partial charge in [-0.2, -0.15) is 0 Å². The largest absolute Gasteiger partial charge is 0.461 e. The summed E-state index contributed by atoms with van der Waals surface area (Å²) in [6.45, 7) is 6.78. The molecule has 0 aromatic carbocycles. The minimum Gasteiger partial charge on any atom is -0.461 e. The van der Waals surface area contributed by atoms with Crippen LogP contribution in [-0.4, -0.2) is 22.4 Å². The molecule has 0 fully saturated rings. The third kappa shape index (κ3) is 4.10. The normalized spacial score (nSPS) is 18.3. The van der Waals surface area contributed by atoms with Gasteiger partial charge in [-0.1, -0.05) is 0 Å². The van der Waals surface area contributed by atoms with Crippen molar-refractivity contribution < 1.29 is 14.9 Å². The first-order chi connectivity index (χ1) is 6.02. The number of aliphatic hydroxyl groups excluding tert-OH is 2. The van der Waals surface area contributed by atoms with Crippen molar-refractivity contribution >= 4 is 0 Å². The summed E-state index contributed by atoms with van der Waals surface area (Å²) < 4.78 is 5.29. The Balaban J connectivity index is 4.40. The molecule has 0 aromatic heterocycles. The van der Waals surface area contributed by atoms with Gasteiger partial charge in [-0.15, -0.1) is 0 Å². The quantitative estimate of drug-likeness (QED) is 0.655. The minimum atomic E-state index is -0.654. The molecule has 0 saturated heterocycles. The minimum absolute atomic E-state index is 0.453. The Morgan fingerprint density at radius 3 is 1.46 bits per heavy atom. The summed E-state index contributed by atoms with van der Waals surface area (Å²) in [7, 11) is 0. The van der Waals surface area contributed by atoms with Gasteiger partial charge in [0, 0.05) is 0 Å². The highest BCUT2D eigenvalue weighted by molar-refractivity contribution is 5.05. The smallest absolute Gasteiger partial charge is 0.128 e. The Hall–Kier alpha value is -0.800. The van der Waals surface area contributed by atoms with Gasteiger partial charge in [0.25, 0.3) is 0 Å². The topological polar surface area (TPSA) is 49.7 Å². The van der Waals surface area contributed by atoms with E-state index < -0.39 is 12.2 Å². The first-order valence-corrected chi connectivity index (χ1v) is 4.39. The number of rotatable bonds is 4. The molecule has 0 aliphatic rings. The maximum absolute atomic E-state index is 9.24. The molecule has 2 unspecified atom stereocenters. The molecule has 76 valence electrons. The van der Waals surface area contributed by atoms with Crippen molar-refractivity contribution in [1.29, 1.82) is 0 Å². The first kappa shape index (κ1) is 12.2. The van der Waals surface area contributed by atoms with Crippen molar-refractivity contribution in [1.82, 2.24) is 0 Å². The average Bonchev–Trinajstić information content (AvgIpc) is 2.05. The number of ether oxygens (including phenoxy) is 1. The highest BCUT2D eigenvalue weighted by atomic mass is 16.5. The van der Waals surface area contributed by atoms with Crippen LogP contribution in [0.5, 0.6) is 0 Å². The van der Waals surface area contributed by atoms with Crippen molar-refractivity contribution in [3.05, 3.63) is 23.7 Å². The van der Waals surface area contributed by atoms with Crippen LogP contribution in [0.2, 0.25) is 0 Å². The van der Waals surface area contributed by atoms with Gasteiger partial charge >= 0.3 is 0 Å². The second kappa shape index (κ2) is 5.78. The fraction of sp³-hybridized carbons (Fsp3) is 0.600. The van der Waals surface area contributed by atoms with Crippen molar-refractivity contribution in [2.45, 2.75) is 39.9 Å². The molecule has 0 aromatic rings. The summed E-state index contributed by atoms with van der Waals surface area (Å²) in [6, 6.07) is 0. The lowest BCUT2D eigenvalue weighted by atomic mass is 10.3. The van der Waals surface area contributed by atoms with E-state index in [1.807, 2.05) is 0 Å². The van der Waals surface area contributed by atoms with E-state index in [1.165, 1.54) is 0 Å². The molecule has 0 amide bonds. The summed E-state index contributed by atoms with van der Waals surface area (Å²) in [5, 5.41) is 18.5. The second-order valence-electron chi connectivity index (χ2n) is 2.84. The van der Waals surface area contributed by atoms with E-state index in [1.54, 1.807) is 39.8 Å². The van der Waals surface area contributed by atoms with Gasteiger partial charge in [0.1, 0.15) is 23.7 Å². The molecule has 3 nitrogen and oxygen atoms in total. The van der Waals surface area contributed by atoms with E-state index in [4.69, 9.17) is 4.74 Å². The van der Waals surface area contributed by atoms with Crippen LogP contribution in [-0.2, 0) is 4.74 Å². The highest BCUT2D eigenvalue weighted by Gasteiger charge is 2.11. The van der Waals surface area contributed by atoms with Gasteiger partial charge in [-0.05, 0) is 39.8 Å². The van der Waals surface area contributed by atoms with Crippen LogP contribution in [0, 0.1) is 0 Å². The lowest BCUT2D eigenvalue weighted by molar-refractivity contribution is 0.103. The zero-order valence-electron chi connectivity index (χ0n) is 8.61. The molecule has 0 bridgehead atoms. The van der Waals surface area contributed by atoms with Crippen molar-refractivity contribution in [2.75, 3.05) is 0 Å². The molecule has 2 N–H and O–H groups in total. The van der Waals surface area contributed by atoms with Gasteiger partial charge in [0.15, 0.2) is 0 Å². The van der Waals surface area contributed by atoms with E-state index >= 15 is 0 Å². The van der Waals surface area contributed by atoms with Crippen LogP contribution in [0.25, 0.3) is 0 Å². The molecule has 13 heavy (non-hydrogen) atoms. The first-order valence-electron chi connectivity index (χ1n) is 4.39. The van der Waals surface area contributed by atoms with Gasteiger partial charge < -0.3 is 14.9 Å². The molecule has 0 spiro atoms. The van der Waals surface area contributed by atoms with E-state index in [0.717, 1.165) is 0 Å². The Bertz CT molecular complexity index is 180. The molecule has 0 aliphatic carbocycles. The maximum Gasteiger partial charge on any atom is 0.128 e. The van der Waals surface area contributed by atoms with Crippen molar-refractivity contribution in [3.8, 4) is 0 Å². The third-order valence-corrected chi connectivity index (χ3v) is 1.63. The van der Waals surface area contributed by atoms with Crippen LogP contribution in [0.3, 0.4) is 0 Å². The van der Waals surface area contributed by atoms with Crippen LogP contribution in [0.1, 0.15) is 27.7 Å². The Morgan fingerprint density at radius 2 is 1.31 bits per heavy atom. The van der Waals surface area contributed by atoms with Gasteiger partial charge in [0.05, 0.1) is 0 Å². The Labute approximate surface area is 79.3 Å². The van der Waals surface area contributed by atoms with E-state index in [0.29, 0.717) is 11.5 Å². The van der Waals surface area contributed by atoms with Crippen LogP contribution in [0.4, 0.5) is 0 Å². The lowest BCUT2D eigenvalue weighted by Crippen LogP contribution is -2.13. The highest BCUT2D eigenvalue weighted by Crippen LogP contribution is 2.13. The van der Waals surface area contributed by atoms with E-state index in [-0.39, 0.29) is 0 Å². The fourth-order valence-corrected chi connectivity index (χ4v) is 0.907. The van der Waals surface area contributed by atoms with Crippen molar-refractivity contribution in [2.24, 2.45) is 0 Å². The van der Waals surface area contributed by atoms with Crippen LogP contribution in [0.15, 0.2) is 23.7 Å². The molecule has 3 heteroatoms. The monoisotopic (exact) mass is 186 g/mol. The summed E-state index contributed by atoms with van der Waals surface area (Å²) in [4.78, 5) is 0. The molecule has 2 atom stereocenters. The maximum atomic E-state index is 9.24. The summed E-state index contributed by atoms with van der Waals surface area (Å²) in [5.41, 5.74) is 0. The van der Waals surface area contributed by atoms with Gasteiger partial charge in [-0.3, -0.25) is 0 Å². The molecule has 0 rings (SSSR count). The Kier molecular flexibility index (Phi) is 5.42. The van der Waals surface area contributed by atoms with E-state index in [9.17, 15) is 10.2 Å². The second-order valence-corrected chi connectivity index (χ2v) is 2.84. The molecular weight excluding hydrogens is 168 g/mol. The molecule has 0 heterocycles. The SMILES string of the molecule is CC=C(OC(=CC)C(C)O)C(C)O. The van der Waals surface area contributed by atoms with Gasteiger partial charge in [0.2, 0.25) is 0 Å².